The van der Waals surface area contributed by atoms with Gasteiger partial charge in [-0.2, -0.15) is 0 Å². The van der Waals surface area contributed by atoms with Crippen molar-refractivity contribution in [2.75, 3.05) is 0 Å². The van der Waals surface area contributed by atoms with Crippen LogP contribution in [0.1, 0.15) is 168 Å². The highest BCUT2D eigenvalue weighted by Gasteiger charge is 1.97. The minimum Gasteiger partial charge on any atom is -0.481 e. The molecular formula is C28H56O4. The second-order valence-electron chi connectivity index (χ2n) is 9.36. The summed E-state index contributed by atoms with van der Waals surface area (Å²) in [5.41, 5.74) is 0. The molecule has 0 saturated carbocycles. The fraction of sp³-hybridized carbons (Fsp3) is 0.929. The smallest absolute Gasteiger partial charge is 0.303 e. The number of carboxylic acids is 2. The third-order valence-corrected chi connectivity index (χ3v) is 5.99. The van der Waals surface area contributed by atoms with Crippen LogP contribution in [0.2, 0.25) is 0 Å². The Hall–Kier alpha value is -1.06. The van der Waals surface area contributed by atoms with Gasteiger partial charge in [-0.05, 0) is 12.8 Å². The molecule has 192 valence electrons. The van der Waals surface area contributed by atoms with Crippen molar-refractivity contribution < 1.29 is 19.8 Å². The third-order valence-electron chi connectivity index (χ3n) is 5.99. The maximum atomic E-state index is 10.3. The van der Waals surface area contributed by atoms with E-state index in [0.29, 0.717) is 12.8 Å². The summed E-state index contributed by atoms with van der Waals surface area (Å²) in [6.45, 7) is 4.49. The van der Waals surface area contributed by atoms with E-state index in [1.165, 1.54) is 116 Å². The highest BCUT2D eigenvalue weighted by molar-refractivity contribution is 5.66. The molecule has 4 nitrogen and oxygen atoms in total. The van der Waals surface area contributed by atoms with Crippen LogP contribution in [0.25, 0.3) is 0 Å². The summed E-state index contributed by atoms with van der Waals surface area (Å²) in [6.07, 6.45) is 28.7. The molecule has 0 radical (unpaired) electrons. The number of carboxylic acid groups (broad SMARTS) is 2. The number of hydrogen-bond acceptors (Lipinski definition) is 2. The van der Waals surface area contributed by atoms with Gasteiger partial charge in [0.2, 0.25) is 0 Å². The Labute approximate surface area is 200 Å². The van der Waals surface area contributed by atoms with E-state index < -0.39 is 11.9 Å². The maximum absolute atomic E-state index is 10.3. The molecule has 0 aliphatic carbocycles. The molecule has 0 aromatic rings. The fourth-order valence-electron chi connectivity index (χ4n) is 3.88. The van der Waals surface area contributed by atoms with E-state index >= 15 is 0 Å². The van der Waals surface area contributed by atoms with E-state index in [4.69, 9.17) is 10.2 Å². The van der Waals surface area contributed by atoms with Crippen LogP contribution in [0.4, 0.5) is 0 Å². The van der Waals surface area contributed by atoms with Gasteiger partial charge in [0.1, 0.15) is 0 Å². The van der Waals surface area contributed by atoms with Gasteiger partial charge in [0.25, 0.3) is 0 Å². The minimum atomic E-state index is -0.659. The van der Waals surface area contributed by atoms with E-state index in [0.717, 1.165) is 25.7 Å². The van der Waals surface area contributed by atoms with Crippen LogP contribution in [0.3, 0.4) is 0 Å². The lowest BCUT2D eigenvalue weighted by molar-refractivity contribution is -0.138. The molecule has 0 bridgehead atoms. The van der Waals surface area contributed by atoms with Crippen LogP contribution < -0.4 is 0 Å². The third kappa shape index (κ3) is 36.3. The van der Waals surface area contributed by atoms with Gasteiger partial charge in [-0.15, -0.1) is 0 Å². The number of carbonyl (C=O) groups is 2. The van der Waals surface area contributed by atoms with Crippen molar-refractivity contribution in [3.8, 4) is 0 Å². The van der Waals surface area contributed by atoms with Crippen LogP contribution in [0.15, 0.2) is 0 Å². The van der Waals surface area contributed by atoms with Crippen LogP contribution in [-0.2, 0) is 9.59 Å². The molecule has 0 fully saturated rings. The number of hydrogen-bond donors (Lipinski definition) is 2. The van der Waals surface area contributed by atoms with Crippen molar-refractivity contribution in [2.24, 2.45) is 0 Å². The second kappa shape index (κ2) is 29.9. The number of aliphatic carboxylic acids is 2. The van der Waals surface area contributed by atoms with Crippen LogP contribution in [0.5, 0.6) is 0 Å². The molecule has 0 amide bonds. The molecule has 0 aromatic heterocycles. The Morgan fingerprint density at radius 3 is 0.750 bits per heavy atom. The standard InChI is InChI=1S/C16H32O2.C12H24O2/c1-2-3-4-5-6-7-8-9-10-11-12-13-14-15-16(17)18;1-2-3-4-5-6-7-8-9-10-11-12(13)14/h2-15H2,1H3,(H,17,18);2-11H2,1H3,(H,13,14). The maximum Gasteiger partial charge on any atom is 0.303 e. The zero-order chi connectivity index (χ0) is 24.1. The van der Waals surface area contributed by atoms with Gasteiger partial charge < -0.3 is 10.2 Å². The summed E-state index contributed by atoms with van der Waals surface area (Å²) >= 11 is 0. The number of unbranched alkanes of at least 4 members (excludes halogenated alkanes) is 20. The normalized spacial score (nSPS) is 10.6. The van der Waals surface area contributed by atoms with E-state index in [9.17, 15) is 9.59 Å². The summed E-state index contributed by atoms with van der Waals surface area (Å²) < 4.78 is 0. The van der Waals surface area contributed by atoms with Crippen LogP contribution in [-0.4, -0.2) is 22.2 Å². The SMILES string of the molecule is CCCCCCCCCCCC(=O)O.CCCCCCCCCCCCCCCC(=O)O. The van der Waals surface area contributed by atoms with Crippen molar-refractivity contribution in [3.05, 3.63) is 0 Å². The monoisotopic (exact) mass is 456 g/mol. The molecule has 0 atom stereocenters. The molecule has 0 rings (SSSR count). The molecule has 4 heteroatoms. The Kier molecular flexibility index (Phi) is 31.0. The van der Waals surface area contributed by atoms with Crippen LogP contribution in [0, 0.1) is 0 Å². The van der Waals surface area contributed by atoms with Crippen molar-refractivity contribution in [3.63, 3.8) is 0 Å². The Morgan fingerprint density at radius 2 is 0.562 bits per heavy atom. The molecule has 0 heterocycles. The average molecular weight is 457 g/mol. The zero-order valence-corrected chi connectivity index (χ0v) is 21.7. The van der Waals surface area contributed by atoms with Gasteiger partial charge in [0.05, 0.1) is 0 Å². The van der Waals surface area contributed by atoms with E-state index in [1.54, 1.807) is 0 Å². The highest BCUT2D eigenvalue weighted by atomic mass is 16.4. The average Bonchev–Trinajstić information content (AvgIpc) is 2.76. The summed E-state index contributed by atoms with van der Waals surface area (Å²) in [4.78, 5) is 20.5. The molecule has 0 aromatic carbocycles. The first-order valence-corrected chi connectivity index (χ1v) is 14.0. The van der Waals surface area contributed by atoms with E-state index in [2.05, 4.69) is 13.8 Å². The second-order valence-corrected chi connectivity index (χ2v) is 9.36. The first kappa shape index (κ1) is 33.1. The highest BCUT2D eigenvalue weighted by Crippen LogP contribution is 2.13. The molecule has 32 heavy (non-hydrogen) atoms. The molecule has 2 N–H and O–H groups in total. The van der Waals surface area contributed by atoms with Gasteiger partial charge >= 0.3 is 11.9 Å². The lowest BCUT2D eigenvalue weighted by Crippen LogP contribution is -1.93. The lowest BCUT2D eigenvalue weighted by atomic mass is 10.0. The van der Waals surface area contributed by atoms with Gasteiger partial charge in [-0.25, -0.2) is 0 Å². The van der Waals surface area contributed by atoms with Crippen LogP contribution >= 0.6 is 0 Å². The van der Waals surface area contributed by atoms with Crippen molar-refractivity contribution in [1.29, 1.82) is 0 Å². The Balaban J connectivity index is 0. The minimum absolute atomic E-state index is 0.343. The summed E-state index contributed by atoms with van der Waals surface area (Å²) in [5.74, 6) is -1.31. The predicted octanol–water partition coefficient (Wildman–Crippen LogP) is 9.54. The molecular weight excluding hydrogens is 400 g/mol. The Morgan fingerprint density at radius 1 is 0.375 bits per heavy atom. The Bertz CT molecular complexity index is 382. The molecule has 0 unspecified atom stereocenters. The molecule has 0 aliphatic rings. The molecule has 0 saturated heterocycles. The van der Waals surface area contributed by atoms with Gasteiger partial charge in [0.15, 0.2) is 0 Å². The molecule has 0 spiro atoms. The topological polar surface area (TPSA) is 74.6 Å². The van der Waals surface area contributed by atoms with E-state index in [1.807, 2.05) is 0 Å². The lowest BCUT2D eigenvalue weighted by Gasteiger charge is -2.02. The van der Waals surface area contributed by atoms with Gasteiger partial charge in [0, 0.05) is 12.8 Å². The number of rotatable bonds is 24. The summed E-state index contributed by atoms with van der Waals surface area (Å²) in [5, 5.41) is 16.9. The largest absolute Gasteiger partial charge is 0.481 e. The van der Waals surface area contributed by atoms with Crippen molar-refractivity contribution in [2.45, 2.75) is 168 Å². The first-order chi connectivity index (χ1) is 15.5. The molecule has 0 aliphatic heterocycles. The summed E-state index contributed by atoms with van der Waals surface area (Å²) in [7, 11) is 0. The summed E-state index contributed by atoms with van der Waals surface area (Å²) in [6, 6.07) is 0. The van der Waals surface area contributed by atoms with E-state index in [-0.39, 0.29) is 0 Å². The van der Waals surface area contributed by atoms with Gasteiger partial charge in [-0.3, -0.25) is 9.59 Å². The quantitative estimate of drug-likeness (QED) is 0.142. The zero-order valence-electron chi connectivity index (χ0n) is 21.7. The van der Waals surface area contributed by atoms with Crippen molar-refractivity contribution in [1.82, 2.24) is 0 Å². The van der Waals surface area contributed by atoms with Gasteiger partial charge in [-0.1, -0.05) is 142 Å². The van der Waals surface area contributed by atoms with Crippen molar-refractivity contribution >= 4 is 11.9 Å². The fourth-order valence-corrected chi connectivity index (χ4v) is 3.88. The first-order valence-electron chi connectivity index (χ1n) is 14.0. The predicted molar refractivity (Wildman–Crippen MR) is 137 cm³/mol.